The molecule has 6 nitrogen and oxygen atoms in total. The van der Waals surface area contributed by atoms with Crippen LogP contribution in [0.1, 0.15) is 34.5 Å². The molecule has 0 aromatic heterocycles. The first-order valence-electron chi connectivity index (χ1n) is 9.44. The maximum absolute atomic E-state index is 13.3. The quantitative estimate of drug-likeness (QED) is 0.482. The minimum atomic E-state index is -0.588. The number of esters is 1. The van der Waals surface area contributed by atoms with Crippen molar-refractivity contribution in [3.8, 4) is 16.9 Å². The number of rotatable bonds is 4. The molecule has 0 fully saturated rings. The summed E-state index contributed by atoms with van der Waals surface area (Å²) >= 11 is 0. The molecule has 0 saturated heterocycles. The Hall–Kier alpha value is -3.74. The van der Waals surface area contributed by atoms with Gasteiger partial charge in [0.15, 0.2) is 0 Å². The number of hydrogen-bond donors (Lipinski definition) is 0. The first-order chi connectivity index (χ1) is 14.4. The van der Waals surface area contributed by atoms with Gasteiger partial charge in [-0.25, -0.2) is 9.18 Å². The average molecular weight is 405 g/mol. The van der Waals surface area contributed by atoms with E-state index in [1.54, 1.807) is 35.2 Å². The molecule has 30 heavy (non-hydrogen) atoms. The molecule has 2 heterocycles. The van der Waals surface area contributed by atoms with Gasteiger partial charge in [-0.3, -0.25) is 4.79 Å². The summed E-state index contributed by atoms with van der Waals surface area (Å²) in [4.78, 5) is 25.6. The number of benzene rings is 2. The van der Waals surface area contributed by atoms with E-state index in [2.05, 4.69) is 5.10 Å². The molecule has 0 saturated carbocycles. The number of aromatic nitrogens is 3. The largest absolute Gasteiger partial charge is 0.465 e. The van der Waals surface area contributed by atoms with Crippen LogP contribution < -0.4 is 5.56 Å². The lowest BCUT2D eigenvalue weighted by molar-refractivity contribution is 0.0600. The van der Waals surface area contributed by atoms with Crippen molar-refractivity contribution >= 4 is 5.97 Å². The van der Waals surface area contributed by atoms with Crippen molar-refractivity contribution in [2.45, 2.75) is 19.9 Å². The Morgan fingerprint density at radius 2 is 1.87 bits per heavy atom. The van der Waals surface area contributed by atoms with Crippen molar-refractivity contribution in [1.29, 1.82) is 0 Å². The molecular weight excluding hydrogens is 385 g/mol. The highest BCUT2D eigenvalue weighted by Gasteiger charge is 2.26. The van der Waals surface area contributed by atoms with Crippen LogP contribution in [0.25, 0.3) is 16.9 Å². The fourth-order valence-electron chi connectivity index (χ4n) is 3.46. The number of carbonyl (C=O) groups is 1. The van der Waals surface area contributed by atoms with E-state index in [4.69, 9.17) is 4.74 Å². The molecule has 2 aliphatic rings. The second-order valence-corrected chi connectivity index (χ2v) is 7.16. The van der Waals surface area contributed by atoms with Crippen LogP contribution in [0.3, 0.4) is 0 Å². The third-order valence-corrected chi connectivity index (χ3v) is 5.14. The summed E-state index contributed by atoms with van der Waals surface area (Å²) in [7, 11) is 1.28. The molecule has 0 radical (unpaired) electrons. The molecule has 2 aromatic carbocycles. The number of carbonyl (C=O) groups excluding carboxylic acids is 1. The molecule has 2 aliphatic heterocycles. The Labute approximate surface area is 172 Å². The molecular formula is C23H20FN3O3. The highest BCUT2D eigenvalue weighted by atomic mass is 19.1. The summed E-state index contributed by atoms with van der Waals surface area (Å²) in [6.45, 7) is 3.82. The maximum atomic E-state index is 13.3. The number of pyridine rings is 1. The van der Waals surface area contributed by atoms with Gasteiger partial charge in [-0.05, 0) is 49.2 Å². The molecule has 0 bridgehead atoms. The standard InChI is InChI=1S/C23H20FN3O3/c1-14-5-4-6-18(11-14)27-22(28)19-12-26(13-20(21(19)25-27)23(29)30-3)15(2)16-7-9-17(24)10-8-16/h4-13,15H,1-3H3. The lowest BCUT2D eigenvalue weighted by atomic mass is 10.1. The van der Waals surface area contributed by atoms with Crippen molar-refractivity contribution in [3.05, 3.63) is 93.8 Å². The van der Waals surface area contributed by atoms with Gasteiger partial charge in [-0.15, -0.1) is 0 Å². The lowest BCUT2D eigenvalue weighted by Gasteiger charge is -2.19. The maximum Gasteiger partial charge on any atom is 0.341 e. The van der Waals surface area contributed by atoms with Crippen molar-refractivity contribution in [2.75, 3.05) is 7.11 Å². The summed E-state index contributed by atoms with van der Waals surface area (Å²) < 4.78 is 21.3. The molecule has 7 heteroatoms. The number of aryl methyl sites for hydroxylation is 1. The predicted molar refractivity (Wildman–Crippen MR) is 111 cm³/mol. The van der Waals surface area contributed by atoms with E-state index in [0.717, 1.165) is 11.1 Å². The lowest BCUT2D eigenvalue weighted by Crippen LogP contribution is -2.17. The van der Waals surface area contributed by atoms with E-state index in [1.165, 1.54) is 23.9 Å². The van der Waals surface area contributed by atoms with Crippen molar-refractivity contribution < 1.29 is 13.9 Å². The molecule has 1 atom stereocenters. The van der Waals surface area contributed by atoms with E-state index < -0.39 is 5.97 Å². The van der Waals surface area contributed by atoms with Gasteiger partial charge in [0.1, 0.15) is 17.1 Å². The molecule has 2 aromatic rings. The van der Waals surface area contributed by atoms with Crippen molar-refractivity contribution in [1.82, 2.24) is 14.3 Å². The van der Waals surface area contributed by atoms with Gasteiger partial charge in [-0.2, -0.15) is 9.78 Å². The van der Waals surface area contributed by atoms with Gasteiger partial charge in [-0.1, -0.05) is 24.3 Å². The first kappa shape index (κ1) is 19.6. The Bertz CT molecular complexity index is 1260. The number of methoxy groups -OCH3 is 1. The van der Waals surface area contributed by atoms with Gasteiger partial charge in [0.25, 0.3) is 5.56 Å². The average Bonchev–Trinajstić information content (AvgIpc) is 3.09. The second kappa shape index (κ2) is 7.59. The number of fused-ring (bicyclic) bond motifs is 1. The summed E-state index contributed by atoms with van der Waals surface area (Å²) in [6.07, 6.45) is 3.27. The molecule has 4 rings (SSSR count). The molecule has 0 aliphatic carbocycles. The second-order valence-electron chi connectivity index (χ2n) is 7.16. The zero-order chi connectivity index (χ0) is 21.4. The van der Waals surface area contributed by atoms with Crippen LogP contribution in [-0.4, -0.2) is 27.4 Å². The van der Waals surface area contributed by atoms with Crippen LogP contribution in [0.4, 0.5) is 4.39 Å². The summed E-state index contributed by atoms with van der Waals surface area (Å²) in [5.74, 6) is -0.919. The third-order valence-electron chi connectivity index (χ3n) is 5.14. The monoisotopic (exact) mass is 405 g/mol. The van der Waals surface area contributed by atoms with E-state index in [1.807, 2.05) is 32.0 Å². The van der Waals surface area contributed by atoms with Gasteiger partial charge in [0, 0.05) is 12.4 Å². The first-order valence-corrected chi connectivity index (χ1v) is 9.44. The SMILES string of the molecule is COC(=O)c1cn(C(C)c2ccc(F)cc2)cc2c(=O)n(-c3cccc(C)c3)nc1-2. The molecule has 0 spiro atoms. The van der Waals surface area contributed by atoms with Crippen LogP contribution in [0.5, 0.6) is 0 Å². The van der Waals surface area contributed by atoms with Crippen molar-refractivity contribution in [2.24, 2.45) is 0 Å². The van der Waals surface area contributed by atoms with Crippen LogP contribution in [0.2, 0.25) is 0 Å². The van der Waals surface area contributed by atoms with Gasteiger partial charge >= 0.3 is 5.97 Å². The van der Waals surface area contributed by atoms with Crippen LogP contribution >= 0.6 is 0 Å². The zero-order valence-corrected chi connectivity index (χ0v) is 16.8. The van der Waals surface area contributed by atoms with Crippen LogP contribution in [0, 0.1) is 12.7 Å². The van der Waals surface area contributed by atoms with E-state index in [9.17, 15) is 14.0 Å². The zero-order valence-electron chi connectivity index (χ0n) is 16.8. The number of nitrogens with zero attached hydrogens (tertiary/aromatic N) is 3. The van der Waals surface area contributed by atoms with E-state index in [0.29, 0.717) is 11.3 Å². The molecule has 152 valence electrons. The van der Waals surface area contributed by atoms with E-state index in [-0.39, 0.29) is 28.7 Å². The molecule has 0 N–H and O–H groups in total. The fraction of sp³-hybridized carbons (Fsp3) is 0.174. The third kappa shape index (κ3) is 3.39. The minimum absolute atomic E-state index is 0.187. The van der Waals surface area contributed by atoms with E-state index >= 15 is 0 Å². The van der Waals surface area contributed by atoms with Crippen LogP contribution in [-0.2, 0) is 4.74 Å². The predicted octanol–water partition coefficient (Wildman–Crippen LogP) is 3.98. The highest BCUT2D eigenvalue weighted by molar-refractivity contribution is 5.96. The topological polar surface area (TPSA) is 66.1 Å². The van der Waals surface area contributed by atoms with Gasteiger partial charge in [0.05, 0.1) is 24.4 Å². The summed E-state index contributed by atoms with van der Waals surface area (Å²) in [5, 5.41) is 4.42. The Kier molecular flexibility index (Phi) is 4.95. The summed E-state index contributed by atoms with van der Waals surface area (Å²) in [5.41, 5.74) is 2.86. The molecule has 0 amide bonds. The molecule has 1 unspecified atom stereocenters. The Morgan fingerprint density at radius 3 is 2.53 bits per heavy atom. The highest BCUT2D eigenvalue weighted by Crippen LogP contribution is 2.27. The van der Waals surface area contributed by atoms with Gasteiger partial charge < -0.3 is 9.30 Å². The number of halogens is 1. The van der Waals surface area contributed by atoms with Crippen molar-refractivity contribution in [3.63, 3.8) is 0 Å². The Balaban J connectivity index is 1.92. The normalized spacial score (nSPS) is 12.1. The smallest absolute Gasteiger partial charge is 0.341 e. The minimum Gasteiger partial charge on any atom is -0.465 e. The summed E-state index contributed by atoms with van der Waals surface area (Å²) in [6, 6.07) is 13.2. The Morgan fingerprint density at radius 1 is 1.13 bits per heavy atom. The fourth-order valence-corrected chi connectivity index (χ4v) is 3.46. The number of hydrogen-bond acceptors (Lipinski definition) is 4. The van der Waals surface area contributed by atoms with Crippen LogP contribution in [0.15, 0.2) is 65.7 Å². The van der Waals surface area contributed by atoms with Gasteiger partial charge in [0.2, 0.25) is 0 Å². The number of ether oxygens (including phenoxy) is 1.